The number of aromatic nitrogens is 2. The number of nitrogens with zero attached hydrogens (tertiary/aromatic N) is 3. The molecular formula is C28H28ClN5S. The van der Waals surface area contributed by atoms with Crippen molar-refractivity contribution in [2.75, 3.05) is 18.4 Å². The Morgan fingerprint density at radius 2 is 1.86 bits per heavy atom. The maximum Gasteiger partial charge on any atom is 0.170 e. The van der Waals surface area contributed by atoms with Crippen LogP contribution in [0.2, 0.25) is 5.02 Å². The lowest BCUT2D eigenvalue weighted by atomic mass is 10.0. The molecule has 1 aliphatic rings. The fraction of sp³-hybridized carbons (Fsp3) is 0.214. The summed E-state index contributed by atoms with van der Waals surface area (Å²) in [7, 11) is 0. The molecule has 35 heavy (non-hydrogen) atoms. The number of para-hydroxylation sites is 1. The molecule has 0 aliphatic carbocycles. The molecule has 4 aromatic rings. The van der Waals surface area contributed by atoms with Gasteiger partial charge in [0.2, 0.25) is 0 Å². The van der Waals surface area contributed by atoms with Gasteiger partial charge in [-0.2, -0.15) is 0 Å². The molecule has 0 radical (unpaired) electrons. The molecular weight excluding hydrogens is 474 g/mol. The summed E-state index contributed by atoms with van der Waals surface area (Å²) in [6, 6.07) is 26.7. The highest BCUT2D eigenvalue weighted by Gasteiger charge is 2.40. The summed E-state index contributed by atoms with van der Waals surface area (Å²) < 4.78 is 2.23. The van der Waals surface area contributed by atoms with Crippen molar-refractivity contribution in [3.8, 4) is 5.69 Å². The van der Waals surface area contributed by atoms with Crippen molar-refractivity contribution in [3.05, 3.63) is 113 Å². The predicted molar refractivity (Wildman–Crippen MR) is 147 cm³/mol. The van der Waals surface area contributed by atoms with Crippen LogP contribution in [0.4, 0.5) is 5.69 Å². The van der Waals surface area contributed by atoms with Crippen LogP contribution in [-0.4, -0.2) is 32.7 Å². The molecule has 0 unspecified atom stereocenters. The van der Waals surface area contributed by atoms with Gasteiger partial charge in [-0.25, -0.2) is 0 Å². The molecule has 5 rings (SSSR count). The van der Waals surface area contributed by atoms with Crippen LogP contribution in [0.15, 0.2) is 91.3 Å². The van der Waals surface area contributed by atoms with E-state index < -0.39 is 0 Å². The molecule has 2 aromatic carbocycles. The third-order valence-electron chi connectivity index (χ3n) is 6.38. The minimum Gasteiger partial charge on any atom is -0.385 e. The monoisotopic (exact) mass is 501 g/mol. The summed E-state index contributed by atoms with van der Waals surface area (Å²) in [5, 5.41) is 8.58. The Kier molecular flexibility index (Phi) is 7.02. The third-order valence-corrected chi connectivity index (χ3v) is 7.16. The Morgan fingerprint density at radius 3 is 2.63 bits per heavy atom. The molecule has 2 N–H and O–H groups in total. The van der Waals surface area contributed by atoms with Crippen molar-refractivity contribution in [1.82, 2.24) is 19.8 Å². The molecule has 7 heteroatoms. The number of aryl methyl sites for hydroxylation is 1. The average molecular weight is 502 g/mol. The van der Waals surface area contributed by atoms with Gasteiger partial charge in [-0.3, -0.25) is 4.98 Å². The number of hydrogen-bond donors (Lipinski definition) is 2. The molecule has 5 nitrogen and oxygen atoms in total. The molecule has 0 bridgehead atoms. The van der Waals surface area contributed by atoms with Crippen LogP contribution in [0.25, 0.3) is 5.69 Å². The summed E-state index contributed by atoms with van der Waals surface area (Å²) in [6.45, 7) is 3.72. The number of anilines is 1. The van der Waals surface area contributed by atoms with E-state index in [9.17, 15) is 0 Å². The standard InChI is InChI=1S/C28H28ClN5S/c1-20-19-22(13-14-23(20)29)33-17-7-12-25(33)27-26(24-11-5-6-15-31-24)32-28(35)34(27)18-8-16-30-21-9-3-2-4-10-21/h2-7,9-15,17,19,26-27,30H,8,16,18H2,1H3,(H,32,35)/t26-,27+/m1/s1. The SMILES string of the molecule is Cc1cc(-n2cccc2[C@H]2[C@@H](c3ccccn3)NC(=S)N2CCCNc2ccccc2)ccc1Cl. The maximum atomic E-state index is 6.31. The van der Waals surface area contributed by atoms with Crippen LogP contribution in [0.3, 0.4) is 0 Å². The van der Waals surface area contributed by atoms with E-state index in [-0.39, 0.29) is 12.1 Å². The lowest BCUT2D eigenvalue weighted by Gasteiger charge is -2.29. The quantitative estimate of drug-likeness (QED) is 0.219. The maximum absolute atomic E-state index is 6.31. The highest BCUT2D eigenvalue weighted by Crippen LogP contribution is 2.39. The summed E-state index contributed by atoms with van der Waals surface area (Å²) in [4.78, 5) is 6.97. The molecule has 1 fully saturated rings. The molecule has 3 heterocycles. The number of nitrogens with one attached hydrogen (secondary N) is 2. The second-order valence-corrected chi connectivity index (χ2v) is 9.50. The fourth-order valence-corrected chi connectivity index (χ4v) is 5.10. The van der Waals surface area contributed by atoms with E-state index in [4.69, 9.17) is 23.8 Å². The highest BCUT2D eigenvalue weighted by molar-refractivity contribution is 7.80. The summed E-state index contributed by atoms with van der Waals surface area (Å²) in [6.07, 6.45) is 4.89. The molecule has 0 spiro atoms. The summed E-state index contributed by atoms with van der Waals surface area (Å²) in [5.74, 6) is 0. The van der Waals surface area contributed by atoms with E-state index in [1.165, 1.54) is 0 Å². The lowest BCUT2D eigenvalue weighted by Crippen LogP contribution is -2.32. The largest absolute Gasteiger partial charge is 0.385 e. The summed E-state index contributed by atoms with van der Waals surface area (Å²) in [5.41, 5.74) is 5.39. The van der Waals surface area contributed by atoms with Gasteiger partial charge in [0.25, 0.3) is 0 Å². The normalized spacial score (nSPS) is 17.4. The van der Waals surface area contributed by atoms with E-state index in [1.807, 2.05) is 49.5 Å². The molecule has 0 saturated carbocycles. The molecule has 2 aromatic heterocycles. The molecule has 178 valence electrons. The number of pyridine rings is 1. The number of rotatable bonds is 8. The van der Waals surface area contributed by atoms with Gasteiger partial charge in [-0.05, 0) is 85.7 Å². The van der Waals surface area contributed by atoms with E-state index in [1.54, 1.807) is 0 Å². The van der Waals surface area contributed by atoms with Gasteiger partial charge in [0.15, 0.2) is 5.11 Å². The Bertz CT molecular complexity index is 1290. The van der Waals surface area contributed by atoms with Gasteiger partial charge in [0.05, 0.1) is 17.8 Å². The van der Waals surface area contributed by atoms with E-state index in [0.717, 1.165) is 58.0 Å². The van der Waals surface area contributed by atoms with Gasteiger partial charge in [-0.15, -0.1) is 0 Å². The van der Waals surface area contributed by atoms with Crippen LogP contribution in [-0.2, 0) is 0 Å². The van der Waals surface area contributed by atoms with Crippen LogP contribution in [0.1, 0.15) is 35.5 Å². The highest BCUT2D eigenvalue weighted by atomic mass is 35.5. The van der Waals surface area contributed by atoms with Gasteiger partial charge >= 0.3 is 0 Å². The van der Waals surface area contributed by atoms with Gasteiger partial charge in [-0.1, -0.05) is 35.9 Å². The van der Waals surface area contributed by atoms with Gasteiger partial charge in [0, 0.05) is 47.6 Å². The zero-order chi connectivity index (χ0) is 24.2. The number of thiocarbonyl (C=S) groups is 1. The van der Waals surface area contributed by atoms with Crippen LogP contribution in [0, 0.1) is 6.92 Å². The Labute approximate surface area is 216 Å². The third kappa shape index (κ3) is 5.04. The van der Waals surface area contributed by atoms with Crippen LogP contribution in [0.5, 0.6) is 0 Å². The second kappa shape index (κ2) is 10.5. The van der Waals surface area contributed by atoms with Crippen LogP contribution >= 0.6 is 23.8 Å². The van der Waals surface area contributed by atoms with E-state index >= 15 is 0 Å². The first-order valence-electron chi connectivity index (χ1n) is 11.8. The number of halogens is 1. The lowest BCUT2D eigenvalue weighted by molar-refractivity contribution is 0.307. The smallest absolute Gasteiger partial charge is 0.170 e. The number of benzene rings is 2. The Morgan fingerprint density at radius 1 is 1.03 bits per heavy atom. The minimum atomic E-state index is -0.0483. The van der Waals surface area contributed by atoms with Crippen molar-refractivity contribution in [2.24, 2.45) is 0 Å². The second-order valence-electron chi connectivity index (χ2n) is 8.70. The topological polar surface area (TPSA) is 45.1 Å². The zero-order valence-electron chi connectivity index (χ0n) is 19.6. The van der Waals surface area contributed by atoms with Crippen molar-refractivity contribution in [2.45, 2.75) is 25.4 Å². The van der Waals surface area contributed by atoms with Gasteiger partial charge < -0.3 is 20.1 Å². The predicted octanol–water partition coefficient (Wildman–Crippen LogP) is 6.31. The first-order chi connectivity index (χ1) is 17.1. The Balaban J connectivity index is 1.44. The number of hydrogen-bond acceptors (Lipinski definition) is 3. The first-order valence-corrected chi connectivity index (χ1v) is 12.6. The Hall–Kier alpha value is -3.35. The molecule has 2 atom stereocenters. The minimum absolute atomic E-state index is 0.000101. The fourth-order valence-electron chi connectivity index (χ4n) is 4.65. The molecule has 1 saturated heterocycles. The molecule has 0 amide bonds. The zero-order valence-corrected chi connectivity index (χ0v) is 21.1. The van der Waals surface area contributed by atoms with E-state index in [2.05, 4.69) is 73.7 Å². The first kappa shape index (κ1) is 23.4. The summed E-state index contributed by atoms with van der Waals surface area (Å²) >= 11 is 12.2. The van der Waals surface area contributed by atoms with Crippen molar-refractivity contribution < 1.29 is 0 Å². The van der Waals surface area contributed by atoms with Crippen molar-refractivity contribution in [1.29, 1.82) is 0 Å². The van der Waals surface area contributed by atoms with Crippen molar-refractivity contribution in [3.63, 3.8) is 0 Å². The van der Waals surface area contributed by atoms with E-state index in [0.29, 0.717) is 0 Å². The van der Waals surface area contributed by atoms with Gasteiger partial charge in [0.1, 0.15) is 0 Å². The molecule has 1 aliphatic heterocycles. The average Bonchev–Trinajstić information content (AvgIpc) is 3.49. The van der Waals surface area contributed by atoms with Crippen molar-refractivity contribution >= 4 is 34.6 Å². The van der Waals surface area contributed by atoms with Crippen LogP contribution < -0.4 is 10.6 Å².